The fourth-order valence-corrected chi connectivity index (χ4v) is 10.1. The molecule has 8 rings (SSSR count). The molecule has 0 amide bonds. The Morgan fingerprint density at radius 3 is 2.20 bits per heavy atom. The number of likely N-dealkylation sites (tertiary alicyclic amines) is 1. The molecule has 0 unspecified atom stereocenters. The summed E-state index contributed by atoms with van der Waals surface area (Å²) in [7, 11) is 2.00. The molecule has 0 N–H and O–H groups in total. The lowest BCUT2D eigenvalue weighted by atomic mass is 9.48. The van der Waals surface area contributed by atoms with E-state index in [2.05, 4.69) is 57.7 Å². The number of fused-ring (bicyclic) bond motifs is 3. The second-order valence-electron chi connectivity index (χ2n) is 12.4. The third-order valence-corrected chi connectivity index (χ3v) is 11.3. The Hall–Kier alpha value is -1.49. The van der Waals surface area contributed by atoms with Crippen LogP contribution in [0.25, 0.3) is 11.1 Å². The molecule has 1 atom stereocenters. The van der Waals surface area contributed by atoms with Crippen molar-refractivity contribution in [3.05, 3.63) is 48.5 Å². The lowest BCUT2D eigenvalue weighted by molar-refractivity contribution is -0.139. The van der Waals surface area contributed by atoms with E-state index < -0.39 is 0 Å². The Kier molecular flexibility index (Phi) is 5.91. The van der Waals surface area contributed by atoms with Gasteiger partial charge in [-0.2, -0.15) is 0 Å². The first-order chi connectivity index (χ1) is 17.2. The number of piperidine rings is 1. The third-order valence-electron chi connectivity index (χ3n) is 10.2. The van der Waals surface area contributed by atoms with E-state index in [1.165, 1.54) is 86.2 Å². The van der Waals surface area contributed by atoms with Crippen LogP contribution in [-0.4, -0.2) is 44.3 Å². The number of para-hydroxylation sites is 1. The molecule has 2 aromatic rings. The number of benzene rings is 2. The van der Waals surface area contributed by atoms with Gasteiger partial charge in [0.05, 0.1) is 11.8 Å². The van der Waals surface area contributed by atoms with Crippen LogP contribution in [0.15, 0.2) is 53.4 Å². The maximum absolute atomic E-state index is 6.31. The van der Waals surface area contributed by atoms with Gasteiger partial charge in [0.15, 0.2) is 0 Å². The highest BCUT2D eigenvalue weighted by Crippen LogP contribution is 2.61. The van der Waals surface area contributed by atoms with Crippen LogP contribution in [0.4, 0.5) is 5.69 Å². The summed E-state index contributed by atoms with van der Waals surface area (Å²) in [5.41, 5.74) is 4.65. The Morgan fingerprint density at radius 2 is 1.51 bits per heavy atom. The summed E-state index contributed by atoms with van der Waals surface area (Å²) in [5, 5.41) is 0. The van der Waals surface area contributed by atoms with Crippen molar-refractivity contribution in [2.24, 2.45) is 29.1 Å². The topological polar surface area (TPSA) is 15.7 Å². The van der Waals surface area contributed by atoms with Gasteiger partial charge in [0, 0.05) is 30.7 Å². The molecule has 3 nitrogen and oxygen atoms in total. The van der Waals surface area contributed by atoms with E-state index >= 15 is 0 Å². The summed E-state index contributed by atoms with van der Waals surface area (Å²) in [6.07, 6.45) is 11.9. The number of hydrogen-bond acceptors (Lipinski definition) is 4. The Balaban J connectivity index is 0.989. The molecule has 4 saturated carbocycles. The largest absolute Gasteiger partial charge is 0.380 e. The molecule has 1 saturated heterocycles. The zero-order chi connectivity index (χ0) is 23.4. The quantitative estimate of drug-likeness (QED) is 0.402. The van der Waals surface area contributed by atoms with Crippen molar-refractivity contribution >= 4 is 17.6 Å². The lowest BCUT2D eigenvalue weighted by Gasteiger charge is -2.59. The van der Waals surface area contributed by atoms with Crippen molar-refractivity contribution in [1.82, 2.24) is 4.90 Å². The van der Waals surface area contributed by atoms with E-state index in [9.17, 15) is 0 Å². The zero-order valence-corrected chi connectivity index (χ0v) is 22.0. The number of rotatable bonds is 6. The predicted molar refractivity (Wildman–Crippen MR) is 146 cm³/mol. The van der Waals surface area contributed by atoms with E-state index in [0.717, 1.165) is 36.8 Å². The molecular formula is C31H40N2OS. The summed E-state index contributed by atoms with van der Waals surface area (Å²) < 4.78 is 8.88. The summed E-state index contributed by atoms with van der Waals surface area (Å²) in [4.78, 5) is 4.14. The van der Waals surface area contributed by atoms with Crippen molar-refractivity contribution in [3.8, 4) is 11.1 Å². The van der Waals surface area contributed by atoms with E-state index in [1.807, 2.05) is 19.1 Å². The average Bonchev–Trinajstić information content (AvgIpc) is 2.87. The number of anilines is 1. The van der Waals surface area contributed by atoms with Crippen molar-refractivity contribution in [2.75, 3.05) is 37.6 Å². The normalized spacial score (nSPS) is 32.9. The molecule has 4 heteroatoms. The summed E-state index contributed by atoms with van der Waals surface area (Å²) >= 11 is 1.94. The molecule has 2 aliphatic heterocycles. The van der Waals surface area contributed by atoms with Gasteiger partial charge < -0.3 is 13.9 Å². The van der Waals surface area contributed by atoms with Crippen LogP contribution in [0.2, 0.25) is 0 Å². The number of nitrogens with zero attached hydrogens (tertiary/aromatic N) is 2. The van der Waals surface area contributed by atoms with Gasteiger partial charge in [0.25, 0.3) is 0 Å². The molecule has 0 spiro atoms. The second-order valence-corrected chi connectivity index (χ2v) is 13.5. The summed E-state index contributed by atoms with van der Waals surface area (Å²) in [5.74, 6) is 3.76. The average molecular weight is 489 g/mol. The Labute approximate surface area is 215 Å². The van der Waals surface area contributed by atoms with Crippen LogP contribution in [-0.2, 0) is 4.74 Å². The molecule has 2 aromatic carbocycles. The SMILES string of the molecule is CO[C@H](CN1CCC(CN2Sc3ccccc3-c3ccccc32)CC1)C12CC3CC(CC(C3)C1)C2. The number of methoxy groups -OCH3 is 1. The Morgan fingerprint density at radius 1 is 0.886 bits per heavy atom. The van der Waals surface area contributed by atoms with Crippen LogP contribution in [0, 0.1) is 29.1 Å². The van der Waals surface area contributed by atoms with Crippen LogP contribution >= 0.6 is 11.9 Å². The highest BCUT2D eigenvalue weighted by atomic mass is 32.2. The molecule has 5 fully saturated rings. The third kappa shape index (κ3) is 4.14. The predicted octanol–water partition coefficient (Wildman–Crippen LogP) is 7.12. The van der Waals surface area contributed by atoms with Gasteiger partial charge >= 0.3 is 0 Å². The highest BCUT2D eigenvalue weighted by molar-refractivity contribution is 8.01. The highest BCUT2D eigenvalue weighted by Gasteiger charge is 2.54. The minimum absolute atomic E-state index is 0.438. The molecule has 4 bridgehead atoms. The standard InChI is InChI=1S/C31H40N2OS/c1-34-30(31-17-23-14-24(18-31)16-25(15-23)19-31)21-32-12-10-22(11-13-32)20-33-28-8-4-2-6-26(28)27-7-3-5-9-29(27)35-33/h2-9,22-25,30H,10-21H2,1H3/t23?,24?,25?,30-,31?/m1/s1. The van der Waals surface area contributed by atoms with E-state index in [-0.39, 0.29) is 0 Å². The fourth-order valence-electron chi connectivity index (χ4n) is 8.90. The molecular weight excluding hydrogens is 448 g/mol. The van der Waals surface area contributed by atoms with Crippen LogP contribution < -0.4 is 4.31 Å². The molecule has 0 radical (unpaired) electrons. The van der Waals surface area contributed by atoms with Crippen molar-refractivity contribution < 1.29 is 4.74 Å². The Bertz CT molecular complexity index is 1030. The zero-order valence-electron chi connectivity index (χ0n) is 21.2. The van der Waals surface area contributed by atoms with Crippen LogP contribution in [0.5, 0.6) is 0 Å². The monoisotopic (exact) mass is 488 g/mol. The van der Waals surface area contributed by atoms with E-state index in [1.54, 1.807) is 0 Å². The van der Waals surface area contributed by atoms with E-state index in [0.29, 0.717) is 11.5 Å². The van der Waals surface area contributed by atoms with Gasteiger partial charge in [0.2, 0.25) is 0 Å². The minimum Gasteiger partial charge on any atom is -0.380 e. The van der Waals surface area contributed by atoms with E-state index in [4.69, 9.17) is 4.74 Å². The molecule has 4 aliphatic carbocycles. The first-order valence-electron chi connectivity index (χ1n) is 14.1. The molecule has 186 valence electrons. The summed E-state index contributed by atoms with van der Waals surface area (Å²) in [6, 6.07) is 17.9. The molecule has 2 heterocycles. The number of hydrogen-bond donors (Lipinski definition) is 0. The van der Waals surface area contributed by atoms with Gasteiger partial charge in [-0.1, -0.05) is 36.4 Å². The minimum atomic E-state index is 0.438. The van der Waals surface area contributed by atoms with Gasteiger partial charge in [-0.15, -0.1) is 0 Å². The van der Waals surface area contributed by atoms with Crippen molar-refractivity contribution in [2.45, 2.75) is 62.4 Å². The first-order valence-corrected chi connectivity index (χ1v) is 14.9. The van der Waals surface area contributed by atoms with Crippen molar-refractivity contribution in [3.63, 3.8) is 0 Å². The van der Waals surface area contributed by atoms with Gasteiger partial charge in [-0.05, 0) is 123 Å². The van der Waals surface area contributed by atoms with Crippen LogP contribution in [0.1, 0.15) is 51.4 Å². The molecule has 0 aromatic heterocycles. The van der Waals surface area contributed by atoms with Gasteiger partial charge in [-0.25, -0.2) is 0 Å². The maximum Gasteiger partial charge on any atom is 0.0754 e. The smallest absolute Gasteiger partial charge is 0.0754 e. The number of ether oxygens (including phenoxy) is 1. The molecule has 6 aliphatic rings. The molecule has 35 heavy (non-hydrogen) atoms. The fraction of sp³-hybridized carbons (Fsp3) is 0.613. The lowest BCUT2D eigenvalue weighted by Crippen LogP contribution is -2.55. The first kappa shape index (κ1) is 22.7. The van der Waals surface area contributed by atoms with Gasteiger partial charge in [-0.3, -0.25) is 0 Å². The second kappa shape index (κ2) is 9.11. The van der Waals surface area contributed by atoms with Gasteiger partial charge in [0.1, 0.15) is 0 Å². The maximum atomic E-state index is 6.31. The van der Waals surface area contributed by atoms with Crippen LogP contribution in [0.3, 0.4) is 0 Å². The summed E-state index contributed by atoms with van der Waals surface area (Å²) in [6.45, 7) is 4.76. The van der Waals surface area contributed by atoms with Crippen molar-refractivity contribution in [1.29, 1.82) is 0 Å².